The third kappa shape index (κ3) is 4.45. The first-order chi connectivity index (χ1) is 24.9. The lowest BCUT2D eigenvalue weighted by atomic mass is 9.80. The molecule has 4 heteroatoms. The summed E-state index contributed by atoms with van der Waals surface area (Å²) in [4.78, 5) is 21.8. The molecular weight excluding hydrogens is 621 g/mol. The van der Waals surface area contributed by atoms with E-state index in [-0.39, 0.29) is 0 Å². The predicted molar refractivity (Wildman–Crippen MR) is 211 cm³/mol. The third-order valence-electron chi connectivity index (χ3n) is 11.9. The molecule has 4 aromatic heterocycles. The minimum Gasteiger partial charge on any atom is -0.246 e. The maximum absolute atomic E-state index is 5.52. The molecule has 0 N–H and O–H groups in total. The van der Waals surface area contributed by atoms with E-state index < -0.39 is 0 Å². The lowest BCUT2D eigenvalue weighted by Crippen LogP contribution is -2.16. The zero-order valence-electron chi connectivity index (χ0n) is 30.0. The van der Waals surface area contributed by atoms with Crippen molar-refractivity contribution in [3.05, 3.63) is 140 Å². The molecule has 0 aliphatic heterocycles. The van der Waals surface area contributed by atoms with Crippen molar-refractivity contribution in [2.45, 2.75) is 73.1 Å². The molecule has 8 aromatic rings. The molecule has 4 heterocycles. The number of hydrogen-bond donors (Lipinski definition) is 0. The molecule has 0 saturated carbocycles. The summed E-state index contributed by atoms with van der Waals surface area (Å²) in [5, 5.41) is 5.01. The Morgan fingerprint density at radius 3 is 1.39 bits per heavy atom. The minimum absolute atomic E-state index is 0.820. The van der Waals surface area contributed by atoms with Gasteiger partial charge in [0.25, 0.3) is 0 Å². The Morgan fingerprint density at radius 1 is 0.451 bits per heavy atom. The zero-order chi connectivity index (χ0) is 34.5. The van der Waals surface area contributed by atoms with Crippen LogP contribution in [0.2, 0.25) is 0 Å². The summed E-state index contributed by atoms with van der Waals surface area (Å²) in [6.07, 6.45) is 5.65. The summed E-state index contributed by atoms with van der Waals surface area (Å²) in [7, 11) is 0. The second-order valence-electron chi connectivity index (χ2n) is 14.8. The smallest absolute Gasteiger partial charge is 0.0932 e. The van der Waals surface area contributed by atoms with Gasteiger partial charge in [-0.05, 0) is 133 Å². The molecule has 4 nitrogen and oxygen atoms in total. The molecular formula is C47H40N4. The van der Waals surface area contributed by atoms with Crippen molar-refractivity contribution in [3.63, 3.8) is 0 Å². The van der Waals surface area contributed by atoms with Crippen LogP contribution < -0.4 is 0 Å². The molecule has 0 unspecified atom stereocenters. The summed E-state index contributed by atoms with van der Waals surface area (Å²) in [5.74, 6) is 0. The Bertz CT molecular complexity index is 2810. The van der Waals surface area contributed by atoms with Gasteiger partial charge in [-0.25, -0.2) is 19.9 Å². The Labute approximate surface area is 298 Å². The number of benzene rings is 4. The number of rotatable bonds is 3. The highest BCUT2D eigenvalue weighted by atomic mass is 14.8. The molecule has 0 radical (unpaired) electrons. The fraction of sp³-hybridized carbons (Fsp3) is 0.234. The van der Waals surface area contributed by atoms with Gasteiger partial charge in [0.1, 0.15) is 0 Å². The Hall–Kier alpha value is -5.48. The van der Waals surface area contributed by atoms with Crippen molar-refractivity contribution >= 4 is 43.6 Å². The van der Waals surface area contributed by atoms with Crippen LogP contribution in [0, 0.1) is 27.7 Å². The number of fused-ring (bicyclic) bond motifs is 10. The van der Waals surface area contributed by atoms with Gasteiger partial charge in [-0.1, -0.05) is 79.7 Å². The zero-order valence-corrected chi connectivity index (χ0v) is 30.0. The highest BCUT2D eigenvalue weighted by Gasteiger charge is 2.30. The highest BCUT2D eigenvalue weighted by molar-refractivity contribution is 5.96. The normalized spacial score (nSPS) is 13.4. The SMILES string of the molecule is CCc1c2c(nc3c(C)cccc13)-c1nc3c(C)cccc3c(Cc3c4c(nc5c(C)cccc35)-c3nc5c(C)cccc5cc3CC4)c1CC2. The molecule has 0 fully saturated rings. The van der Waals surface area contributed by atoms with Crippen LogP contribution in [-0.4, -0.2) is 19.9 Å². The van der Waals surface area contributed by atoms with Crippen LogP contribution in [0.5, 0.6) is 0 Å². The average molecular weight is 661 g/mol. The molecule has 2 aliphatic carbocycles. The number of pyridine rings is 4. The molecule has 10 rings (SSSR count). The summed E-state index contributed by atoms with van der Waals surface area (Å²) in [6, 6.07) is 28.8. The highest BCUT2D eigenvalue weighted by Crippen LogP contribution is 2.44. The van der Waals surface area contributed by atoms with Gasteiger partial charge in [0.05, 0.1) is 44.8 Å². The van der Waals surface area contributed by atoms with Gasteiger partial charge in [0.15, 0.2) is 0 Å². The summed E-state index contributed by atoms with van der Waals surface area (Å²) in [5.41, 5.74) is 23.0. The van der Waals surface area contributed by atoms with Gasteiger partial charge in [0.2, 0.25) is 0 Å². The average Bonchev–Trinajstić information content (AvgIpc) is 3.14. The van der Waals surface area contributed by atoms with Crippen LogP contribution in [0.4, 0.5) is 0 Å². The largest absolute Gasteiger partial charge is 0.246 e. The molecule has 51 heavy (non-hydrogen) atoms. The fourth-order valence-corrected chi connectivity index (χ4v) is 9.28. The monoisotopic (exact) mass is 660 g/mol. The van der Waals surface area contributed by atoms with Gasteiger partial charge in [-0.2, -0.15) is 0 Å². The quantitative estimate of drug-likeness (QED) is 0.189. The van der Waals surface area contributed by atoms with Crippen molar-refractivity contribution in [2.75, 3.05) is 0 Å². The second-order valence-corrected chi connectivity index (χ2v) is 14.8. The summed E-state index contributed by atoms with van der Waals surface area (Å²) in [6.45, 7) is 11.0. The van der Waals surface area contributed by atoms with Crippen LogP contribution in [-0.2, 0) is 38.5 Å². The van der Waals surface area contributed by atoms with E-state index >= 15 is 0 Å². The standard InChI is InChI=1S/C47H40N4/c1-6-31-32-16-8-12-26(3)41(32)50-46-35(31)21-22-37-39(34-18-10-14-28(5)43(34)51-47(37)46)24-38-33-17-9-13-27(4)42(33)49-45-36(38)20-19-30-23-29-15-7-11-25(2)40(29)48-44(30)45/h7-18,23H,6,19-22,24H2,1-5H3. The molecule has 2 aliphatic rings. The van der Waals surface area contributed by atoms with Gasteiger partial charge >= 0.3 is 0 Å². The van der Waals surface area contributed by atoms with Gasteiger partial charge < -0.3 is 0 Å². The van der Waals surface area contributed by atoms with Crippen LogP contribution in [0.3, 0.4) is 0 Å². The van der Waals surface area contributed by atoms with Crippen molar-refractivity contribution in [1.82, 2.24) is 19.9 Å². The van der Waals surface area contributed by atoms with E-state index in [1.165, 1.54) is 82.7 Å². The first-order valence-electron chi connectivity index (χ1n) is 18.5. The van der Waals surface area contributed by atoms with E-state index in [4.69, 9.17) is 19.9 Å². The van der Waals surface area contributed by atoms with Crippen molar-refractivity contribution < 1.29 is 0 Å². The Balaban J connectivity index is 1.26. The number of para-hydroxylation sites is 4. The van der Waals surface area contributed by atoms with E-state index in [1.54, 1.807) is 0 Å². The molecule has 0 amide bonds. The predicted octanol–water partition coefficient (Wildman–Crippen LogP) is 10.8. The van der Waals surface area contributed by atoms with Crippen LogP contribution in [0.25, 0.3) is 66.4 Å². The molecule has 4 aromatic carbocycles. The van der Waals surface area contributed by atoms with Gasteiger partial charge in [-0.3, -0.25) is 0 Å². The van der Waals surface area contributed by atoms with E-state index in [0.29, 0.717) is 0 Å². The van der Waals surface area contributed by atoms with Crippen LogP contribution >= 0.6 is 0 Å². The second kappa shape index (κ2) is 11.3. The third-order valence-corrected chi connectivity index (χ3v) is 11.9. The van der Waals surface area contributed by atoms with Crippen molar-refractivity contribution in [1.29, 1.82) is 0 Å². The molecule has 0 bridgehead atoms. The number of hydrogen-bond acceptors (Lipinski definition) is 4. The van der Waals surface area contributed by atoms with Crippen LogP contribution in [0.15, 0.2) is 78.9 Å². The van der Waals surface area contributed by atoms with Gasteiger partial charge in [0, 0.05) is 21.5 Å². The number of nitrogens with zero attached hydrogens (tertiary/aromatic N) is 4. The van der Waals surface area contributed by atoms with E-state index in [9.17, 15) is 0 Å². The first kappa shape index (κ1) is 30.4. The van der Waals surface area contributed by atoms with E-state index in [2.05, 4.69) is 113 Å². The van der Waals surface area contributed by atoms with Crippen molar-refractivity contribution in [2.24, 2.45) is 0 Å². The summed E-state index contributed by atoms with van der Waals surface area (Å²) < 4.78 is 0. The number of aryl methyl sites for hydroxylation is 6. The van der Waals surface area contributed by atoms with Crippen LogP contribution in [0.1, 0.15) is 68.1 Å². The fourth-order valence-electron chi connectivity index (χ4n) is 9.28. The van der Waals surface area contributed by atoms with Gasteiger partial charge in [-0.15, -0.1) is 0 Å². The van der Waals surface area contributed by atoms with Crippen molar-refractivity contribution in [3.8, 4) is 22.8 Å². The topological polar surface area (TPSA) is 51.6 Å². The maximum atomic E-state index is 5.52. The number of aromatic nitrogens is 4. The first-order valence-corrected chi connectivity index (χ1v) is 18.5. The maximum Gasteiger partial charge on any atom is 0.0932 e. The molecule has 0 atom stereocenters. The van der Waals surface area contributed by atoms with E-state index in [0.717, 1.165) is 83.4 Å². The molecule has 0 saturated heterocycles. The Morgan fingerprint density at radius 2 is 0.863 bits per heavy atom. The Kier molecular flexibility index (Phi) is 6.70. The minimum atomic E-state index is 0.820. The lowest BCUT2D eigenvalue weighted by Gasteiger charge is -2.28. The summed E-state index contributed by atoms with van der Waals surface area (Å²) >= 11 is 0. The molecule has 248 valence electrons. The van der Waals surface area contributed by atoms with E-state index in [1.807, 2.05) is 0 Å². The molecule has 0 spiro atoms. The lowest BCUT2D eigenvalue weighted by molar-refractivity contribution is 0.877.